The van der Waals surface area contributed by atoms with Gasteiger partial charge in [0.25, 0.3) is 5.91 Å². The normalized spacial score (nSPS) is 11.6. The number of likely N-dealkylation sites (N-methyl/N-ethyl adjacent to an activating group) is 1. The lowest BCUT2D eigenvalue weighted by molar-refractivity contribution is 0.0312. The molecule has 0 saturated heterocycles. The number of hydrogen-bond acceptors (Lipinski definition) is 4. The van der Waals surface area contributed by atoms with Crippen molar-refractivity contribution in [1.29, 1.82) is 0 Å². The fourth-order valence-electron chi connectivity index (χ4n) is 2.09. The third-order valence-electron chi connectivity index (χ3n) is 3.14. The van der Waals surface area contributed by atoms with Gasteiger partial charge in [-0.1, -0.05) is 0 Å². The van der Waals surface area contributed by atoms with Gasteiger partial charge in [0.1, 0.15) is 10.7 Å². The number of aliphatic hydroxyl groups is 1. The molecule has 2 aromatic rings. The van der Waals surface area contributed by atoms with Crippen molar-refractivity contribution in [3.8, 4) is 10.6 Å². The van der Waals surface area contributed by atoms with E-state index in [1.54, 1.807) is 19.2 Å². The molecule has 0 aliphatic carbocycles. The lowest BCUT2D eigenvalue weighted by Gasteiger charge is -2.27. The highest BCUT2D eigenvalue weighted by molar-refractivity contribution is 7.13. The SMILES string of the molecule is CCN(CC(C)(C)O)C(=O)c1csc(-c2ccc(F)c(F)c2)n1. The number of carbonyl (C=O) groups excluding carboxylic acids is 1. The van der Waals surface area contributed by atoms with Crippen molar-refractivity contribution >= 4 is 17.2 Å². The minimum atomic E-state index is -1.01. The maximum absolute atomic E-state index is 13.3. The standard InChI is InChI=1S/C16H18F2N2O2S/c1-4-20(9-16(2,3)22)15(21)13-8-23-14(19-13)10-5-6-11(17)12(18)7-10/h5-8,22H,4,9H2,1-3H3. The van der Waals surface area contributed by atoms with E-state index in [0.29, 0.717) is 17.1 Å². The molecule has 1 aromatic heterocycles. The van der Waals surface area contributed by atoms with Gasteiger partial charge in [-0.15, -0.1) is 11.3 Å². The smallest absolute Gasteiger partial charge is 0.273 e. The van der Waals surface area contributed by atoms with E-state index in [1.807, 2.05) is 6.92 Å². The molecule has 1 N–H and O–H groups in total. The van der Waals surface area contributed by atoms with E-state index in [9.17, 15) is 18.7 Å². The largest absolute Gasteiger partial charge is 0.389 e. The zero-order chi connectivity index (χ0) is 17.2. The molecule has 0 spiro atoms. The number of aromatic nitrogens is 1. The van der Waals surface area contributed by atoms with E-state index in [0.717, 1.165) is 12.1 Å². The monoisotopic (exact) mass is 340 g/mol. The van der Waals surface area contributed by atoms with E-state index in [-0.39, 0.29) is 18.1 Å². The minimum Gasteiger partial charge on any atom is -0.389 e. The third-order valence-corrected chi connectivity index (χ3v) is 4.03. The van der Waals surface area contributed by atoms with Crippen LogP contribution in [0.15, 0.2) is 23.6 Å². The van der Waals surface area contributed by atoms with E-state index < -0.39 is 17.2 Å². The van der Waals surface area contributed by atoms with Crippen LogP contribution in [0, 0.1) is 11.6 Å². The Morgan fingerprint density at radius 3 is 2.61 bits per heavy atom. The zero-order valence-electron chi connectivity index (χ0n) is 13.1. The summed E-state index contributed by atoms with van der Waals surface area (Å²) < 4.78 is 26.3. The summed E-state index contributed by atoms with van der Waals surface area (Å²) in [5.74, 6) is -2.19. The first-order valence-corrected chi connectivity index (χ1v) is 8.02. The fourth-order valence-corrected chi connectivity index (χ4v) is 2.88. The molecule has 2 rings (SSSR count). The van der Waals surface area contributed by atoms with Gasteiger partial charge < -0.3 is 10.0 Å². The number of carbonyl (C=O) groups is 1. The summed E-state index contributed by atoms with van der Waals surface area (Å²) in [5, 5.41) is 11.9. The third kappa shape index (κ3) is 4.33. The summed E-state index contributed by atoms with van der Waals surface area (Å²) in [6.07, 6.45) is 0. The Labute approximate surface area is 137 Å². The molecule has 0 fully saturated rings. The van der Waals surface area contributed by atoms with Crippen molar-refractivity contribution in [2.45, 2.75) is 26.4 Å². The molecule has 0 radical (unpaired) electrons. The molecule has 0 bridgehead atoms. The number of halogens is 2. The van der Waals surface area contributed by atoms with E-state index in [4.69, 9.17) is 0 Å². The van der Waals surface area contributed by atoms with Crippen LogP contribution in [0.1, 0.15) is 31.3 Å². The molecule has 124 valence electrons. The van der Waals surface area contributed by atoms with Crippen LogP contribution in [-0.4, -0.2) is 39.6 Å². The highest BCUT2D eigenvalue weighted by Gasteiger charge is 2.24. The van der Waals surface area contributed by atoms with Crippen LogP contribution < -0.4 is 0 Å². The quantitative estimate of drug-likeness (QED) is 0.908. The minimum absolute atomic E-state index is 0.181. The van der Waals surface area contributed by atoms with E-state index in [1.165, 1.54) is 22.3 Å². The molecule has 0 saturated carbocycles. The second-order valence-corrected chi connectivity index (χ2v) is 6.66. The molecule has 0 aliphatic heterocycles. The lowest BCUT2D eigenvalue weighted by Crippen LogP contribution is -2.42. The molecule has 0 aliphatic rings. The predicted octanol–water partition coefficient (Wildman–Crippen LogP) is 3.32. The van der Waals surface area contributed by atoms with Crippen molar-refractivity contribution < 1.29 is 18.7 Å². The topological polar surface area (TPSA) is 53.4 Å². The Balaban J connectivity index is 2.23. The molecule has 0 atom stereocenters. The van der Waals surface area contributed by atoms with Crippen LogP contribution in [0.3, 0.4) is 0 Å². The zero-order valence-corrected chi connectivity index (χ0v) is 14.0. The lowest BCUT2D eigenvalue weighted by atomic mass is 10.1. The summed E-state index contributed by atoms with van der Waals surface area (Å²) in [7, 11) is 0. The Morgan fingerprint density at radius 2 is 2.04 bits per heavy atom. The fraction of sp³-hybridized carbons (Fsp3) is 0.375. The van der Waals surface area contributed by atoms with Gasteiger partial charge in [-0.2, -0.15) is 0 Å². The van der Waals surface area contributed by atoms with Crippen LogP contribution in [0.2, 0.25) is 0 Å². The summed E-state index contributed by atoms with van der Waals surface area (Å²) in [6, 6.07) is 3.50. The van der Waals surface area contributed by atoms with E-state index in [2.05, 4.69) is 4.98 Å². The summed E-state index contributed by atoms with van der Waals surface area (Å²) >= 11 is 1.18. The Kier molecular flexibility index (Phi) is 5.11. The first-order chi connectivity index (χ1) is 10.7. The molecule has 0 unspecified atom stereocenters. The van der Waals surface area contributed by atoms with Gasteiger partial charge in [0.05, 0.1) is 5.60 Å². The van der Waals surface area contributed by atoms with Crippen molar-refractivity contribution in [3.05, 3.63) is 40.9 Å². The average Bonchev–Trinajstić information content (AvgIpc) is 2.95. The number of hydrogen-bond donors (Lipinski definition) is 1. The number of amides is 1. The first-order valence-electron chi connectivity index (χ1n) is 7.14. The molecule has 7 heteroatoms. The van der Waals surface area contributed by atoms with Crippen molar-refractivity contribution in [3.63, 3.8) is 0 Å². The highest BCUT2D eigenvalue weighted by atomic mass is 32.1. The van der Waals surface area contributed by atoms with Crippen LogP contribution in [0.25, 0.3) is 10.6 Å². The number of rotatable bonds is 5. The maximum atomic E-state index is 13.3. The molecular weight excluding hydrogens is 322 g/mol. The van der Waals surface area contributed by atoms with Crippen LogP contribution in [0.5, 0.6) is 0 Å². The molecule has 23 heavy (non-hydrogen) atoms. The Hall–Kier alpha value is -1.86. The Morgan fingerprint density at radius 1 is 1.35 bits per heavy atom. The van der Waals surface area contributed by atoms with Crippen molar-refractivity contribution in [2.24, 2.45) is 0 Å². The van der Waals surface area contributed by atoms with Gasteiger partial charge in [0.15, 0.2) is 11.6 Å². The second kappa shape index (κ2) is 6.72. The molecule has 1 heterocycles. The van der Waals surface area contributed by atoms with Gasteiger partial charge in [-0.3, -0.25) is 4.79 Å². The molecule has 4 nitrogen and oxygen atoms in total. The first kappa shape index (κ1) is 17.5. The number of thiazole rings is 1. The molecule has 1 aromatic carbocycles. The number of benzene rings is 1. The second-order valence-electron chi connectivity index (χ2n) is 5.80. The van der Waals surface area contributed by atoms with E-state index >= 15 is 0 Å². The highest BCUT2D eigenvalue weighted by Crippen LogP contribution is 2.26. The summed E-state index contributed by atoms with van der Waals surface area (Å²) in [4.78, 5) is 18.1. The van der Waals surface area contributed by atoms with Gasteiger partial charge in [0, 0.05) is 24.0 Å². The van der Waals surface area contributed by atoms with Gasteiger partial charge in [-0.25, -0.2) is 13.8 Å². The van der Waals surface area contributed by atoms with Crippen LogP contribution in [-0.2, 0) is 0 Å². The molecular formula is C16H18F2N2O2S. The summed E-state index contributed by atoms with van der Waals surface area (Å²) in [6.45, 7) is 5.67. The van der Waals surface area contributed by atoms with Crippen molar-refractivity contribution in [2.75, 3.05) is 13.1 Å². The van der Waals surface area contributed by atoms with Gasteiger partial charge >= 0.3 is 0 Å². The Bertz CT molecular complexity index is 710. The average molecular weight is 340 g/mol. The molecule has 1 amide bonds. The van der Waals surface area contributed by atoms with Crippen molar-refractivity contribution in [1.82, 2.24) is 9.88 Å². The van der Waals surface area contributed by atoms with Gasteiger partial charge in [0.2, 0.25) is 0 Å². The van der Waals surface area contributed by atoms with Crippen LogP contribution >= 0.6 is 11.3 Å². The van der Waals surface area contributed by atoms with Crippen LogP contribution in [0.4, 0.5) is 8.78 Å². The summed E-state index contributed by atoms with van der Waals surface area (Å²) in [5.41, 5.74) is -0.371. The van der Waals surface area contributed by atoms with Gasteiger partial charge in [-0.05, 0) is 39.0 Å². The maximum Gasteiger partial charge on any atom is 0.273 e. The predicted molar refractivity (Wildman–Crippen MR) is 85.3 cm³/mol. The number of nitrogens with zero attached hydrogens (tertiary/aromatic N) is 2.